The van der Waals surface area contributed by atoms with Crippen LogP contribution in [0.1, 0.15) is 30.8 Å². The third kappa shape index (κ3) is 3.68. The molecule has 0 radical (unpaired) electrons. The Kier molecular flexibility index (Phi) is 4.50. The van der Waals surface area contributed by atoms with Gasteiger partial charge >= 0.3 is 0 Å². The number of furan rings is 1. The summed E-state index contributed by atoms with van der Waals surface area (Å²) in [6.07, 6.45) is 5.20. The van der Waals surface area contributed by atoms with E-state index in [0.29, 0.717) is 12.2 Å². The van der Waals surface area contributed by atoms with Crippen LogP contribution >= 0.6 is 0 Å². The van der Waals surface area contributed by atoms with Gasteiger partial charge in [0.05, 0.1) is 6.26 Å². The fourth-order valence-electron chi connectivity index (χ4n) is 1.81. The summed E-state index contributed by atoms with van der Waals surface area (Å²) in [5, 5.41) is 13.3. The van der Waals surface area contributed by atoms with Gasteiger partial charge in [0.25, 0.3) is 0 Å². The summed E-state index contributed by atoms with van der Waals surface area (Å²) in [6, 6.07) is 7.73. The van der Waals surface area contributed by atoms with Crippen molar-refractivity contribution in [3.8, 4) is 0 Å². The fourth-order valence-corrected chi connectivity index (χ4v) is 1.81. The largest absolute Gasteiger partial charge is 0.467 e. The highest BCUT2D eigenvalue weighted by molar-refractivity contribution is 5.09. The Hall–Kier alpha value is -1.65. The monoisotopic (exact) mass is 246 g/mol. The minimum atomic E-state index is -0.556. The first-order valence-corrected chi connectivity index (χ1v) is 6.09. The molecule has 2 heterocycles. The third-order valence-corrected chi connectivity index (χ3v) is 2.85. The molecule has 0 fully saturated rings. The number of aromatic nitrogens is 1. The summed E-state index contributed by atoms with van der Waals surface area (Å²) < 4.78 is 5.17. The van der Waals surface area contributed by atoms with Crippen LogP contribution in [0.2, 0.25) is 0 Å². The molecule has 0 aliphatic carbocycles. The van der Waals surface area contributed by atoms with E-state index in [-0.39, 0.29) is 6.04 Å². The molecule has 0 bridgehead atoms. The maximum absolute atomic E-state index is 9.93. The predicted octanol–water partition coefficient (Wildman–Crippen LogP) is 2.28. The predicted molar refractivity (Wildman–Crippen MR) is 68.8 cm³/mol. The van der Waals surface area contributed by atoms with Crippen molar-refractivity contribution >= 4 is 0 Å². The van der Waals surface area contributed by atoms with Crippen molar-refractivity contribution in [3.05, 3.63) is 54.2 Å². The van der Waals surface area contributed by atoms with Crippen LogP contribution in [0.3, 0.4) is 0 Å². The van der Waals surface area contributed by atoms with Gasteiger partial charge in [0.2, 0.25) is 0 Å². The minimum absolute atomic E-state index is 0.207. The number of nitrogens with one attached hydrogen (secondary N) is 1. The maximum Gasteiger partial charge on any atom is 0.132 e. The second-order valence-electron chi connectivity index (χ2n) is 4.40. The zero-order chi connectivity index (χ0) is 12.8. The van der Waals surface area contributed by atoms with Gasteiger partial charge in [0, 0.05) is 25.0 Å². The molecule has 2 rings (SSSR count). The molecule has 0 saturated heterocycles. The Morgan fingerprint density at radius 3 is 2.78 bits per heavy atom. The Labute approximate surface area is 107 Å². The van der Waals surface area contributed by atoms with Crippen molar-refractivity contribution in [1.29, 1.82) is 0 Å². The van der Waals surface area contributed by atoms with Crippen LogP contribution in [0, 0.1) is 0 Å². The normalized spacial score (nSPS) is 14.3. The highest BCUT2D eigenvalue weighted by atomic mass is 16.4. The first-order chi connectivity index (χ1) is 8.75. The molecule has 4 heteroatoms. The van der Waals surface area contributed by atoms with Gasteiger partial charge in [-0.05, 0) is 43.2 Å². The molecule has 0 saturated carbocycles. The van der Waals surface area contributed by atoms with E-state index in [1.165, 1.54) is 5.56 Å². The molecule has 2 aromatic rings. The molecule has 18 heavy (non-hydrogen) atoms. The van der Waals surface area contributed by atoms with Crippen LogP contribution in [0.4, 0.5) is 0 Å². The highest BCUT2D eigenvalue weighted by Gasteiger charge is 2.14. The van der Waals surface area contributed by atoms with Gasteiger partial charge in [-0.15, -0.1) is 0 Å². The average Bonchev–Trinajstić information content (AvgIpc) is 2.91. The van der Waals surface area contributed by atoms with Crippen molar-refractivity contribution in [2.24, 2.45) is 0 Å². The molecule has 0 aliphatic heterocycles. The number of aliphatic hydroxyl groups excluding tert-OH is 1. The molecular formula is C14H18N2O2. The lowest BCUT2D eigenvalue weighted by atomic mass is 10.1. The standard InChI is InChI=1S/C14H18N2O2/c1-11(9-13(17)14-3-2-8-18-14)16-10-12-4-6-15-7-5-12/h2-8,11,13,16-17H,9-10H2,1H3/t11-,13-/m0/s1. The lowest BCUT2D eigenvalue weighted by molar-refractivity contribution is 0.128. The lowest BCUT2D eigenvalue weighted by Gasteiger charge is -2.16. The van der Waals surface area contributed by atoms with Crippen LogP contribution in [0.5, 0.6) is 0 Å². The van der Waals surface area contributed by atoms with Crippen LogP contribution in [0.25, 0.3) is 0 Å². The molecule has 2 aromatic heterocycles. The lowest BCUT2D eigenvalue weighted by Crippen LogP contribution is -2.27. The third-order valence-electron chi connectivity index (χ3n) is 2.85. The first kappa shape index (κ1) is 12.8. The second kappa shape index (κ2) is 6.33. The van der Waals surface area contributed by atoms with Gasteiger partial charge in [-0.3, -0.25) is 4.98 Å². The summed E-state index contributed by atoms with van der Waals surface area (Å²) in [5.74, 6) is 0.618. The quantitative estimate of drug-likeness (QED) is 0.821. The summed E-state index contributed by atoms with van der Waals surface area (Å²) in [7, 11) is 0. The number of aliphatic hydroxyl groups is 1. The van der Waals surface area contributed by atoms with Crippen molar-refractivity contribution < 1.29 is 9.52 Å². The van der Waals surface area contributed by atoms with Gasteiger partial charge in [0.1, 0.15) is 11.9 Å². The van der Waals surface area contributed by atoms with Crippen LogP contribution in [-0.2, 0) is 6.54 Å². The zero-order valence-electron chi connectivity index (χ0n) is 10.4. The molecular weight excluding hydrogens is 228 g/mol. The number of pyridine rings is 1. The summed E-state index contributed by atoms with van der Waals surface area (Å²) in [6.45, 7) is 2.82. The van der Waals surface area contributed by atoms with E-state index in [1.54, 1.807) is 30.8 Å². The molecule has 4 nitrogen and oxygen atoms in total. The first-order valence-electron chi connectivity index (χ1n) is 6.09. The molecule has 2 N–H and O–H groups in total. The topological polar surface area (TPSA) is 58.3 Å². The van der Waals surface area contributed by atoms with E-state index in [1.807, 2.05) is 19.1 Å². The molecule has 96 valence electrons. The Bertz CT molecular complexity index is 442. The van der Waals surface area contributed by atoms with E-state index in [9.17, 15) is 5.11 Å². The number of hydrogen-bond donors (Lipinski definition) is 2. The van der Waals surface area contributed by atoms with Gasteiger partial charge in [-0.1, -0.05) is 0 Å². The van der Waals surface area contributed by atoms with Crippen molar-refractivity contribution in [2.75, 3.05) is 0 Å². The zero-order valence-corrected chi connectivity index (χ0v) is 10.4. The SMILES string of the molecule is C[C@@H](C[C@H](O)c1ccco1)NCc1ccncc1. The van der Waals surface area contributed by atoms with Crippen LogP contribution in [0.15, 0.2) is 47.3 Å². The van der Waals surface area contributed by atoms with E-state index in [4.69, 9.17) is 4.42 Å². The summed E-state index contributed by atoms with van der Waals surface area (Å²) in [5.41, 5.74) is 1.18. The summed E-state index contributed by atoms with van der Waals surface area (Å²) >= 11 is 0. The second-order valence-corrected chi connectivity index (χ2v) is 4.40. The number of rotatable bonds is 6. The van der Waals surface area contributed by atoms with Crippen molar-refractivity contribution in [2.45, 2.75) is 32.0 Å². The minimum Gasteiger partial charge on any atom is -0.467 e. The van der Waals surface area contributed by atoms with Crippen LogP contribution < -0.4 is 5.32 Å². The molecule has 0 aliphatic rings. The Morgan fingerprint density at radius 1 is 1.33 bits per heavy atom. The molecule has 0 spiro atoms. The average molecular weight is 246 g/mol. The van der Waals surface area contributed by atoms with E-state index < -0.39 is 6.10 Å². The van der Waals surface area contributed by atoms with Crippen molar-refractivity contribution in [1.82, 2.24) is 10.3 Å². The molecule has 0 amide bonds. The number of hydrogen-bond acceptors (Lipinski definition) is 4. The molecule has 0 unspecified atom stereocenters. The fraction of sp³-hybridized carbons (Fsp3) is 0.357. The van der Waals surface area contributed by atoms with Crippen LogP contribution in [-0.4, -0.2) is 16.1 Å². The molecule has 0 aromatic carbocycles. The Morgan fingerprint density at radius 2 is 2.11 bits per heavy atom. The highest BCUT2D eigenvalue weighted by Crippen LogP contribution is 2.18. The van der Waals surface area contributed by atoms with E-state index in [0.717, 1.165) is 6.54 Å². The molecule has 2 atom stereocenters. The van der Waals surface area contributed by atoms with Gasteiger partial charge in [-0.25, -0.2) is 0 Å². The Balaban J connectivity index is 1.77. The van der Waals surface area contributed by atoms with E-state index >= 15 is 0 Å². The maximum atomic E-state index is 9.93. The number of nitrogens with zero attached hydrogens (tertiary/aromatic N) is 1. The van der Waals surface area contributed by atoms with Gasteiger partial charge < -0.3 is 14.8 Å². The van der Waals surface area contributed by atoms with Crippen molar-refractivity contribution in [3.63, 3.8) is 0 Å². The van der Waals surface area contributed by atoms with Gasteiger partial charge in [0.15, 0.2) is 0 Å². The van der Waals surface area contributed by atoms with E-state index in [2.05, 4.69) is 10.3 Å². The smallest absolute Gasteiger partial charge is 0.132 e. The summed E-state index contributed by atoms with van der Waals surface area (Å²) in [4.78, 5) is 3.97. The van der Waals surface area contributed by atoms with Gasteiger partial charge in [-0.2, -0.15) is 0 Å².